The molecule has 0 N–H and O–H groups in total. The summed E-state index contributed by atoms with van der Waals surface area (Å²) in [6, 6.07) is 14.4. The van der Waals surface area contributed by atoms with Gasteiger partial charge in [0.15, 0.2) is 11.6 Å². The average Bonchev–Trinajstić information content (AvgIpc) is 3.20. The van der Waals surface area contributed by atoms with Crippen molar-refractivity contribution in [1.82, 2.24) is 9.47 Å². The maximum atomic E-state index is 13.7. The Morgan fingerprint density at radius 3 is 2.69 bits per heavy atom. The van der Waals surface area contributed by atoms with Crippen molar-refractivity contribution in [3.05, 3.63) is 71.0 Å². The predicted octanol–water partition coefficient (Wildman–Crippen LogP) is 5.08. The highest BCUT2D eigenvalue weighted by Crippen LogP contribution is 2.34. The molecule has 29 heavy (non-hydrogen) atoms. The lowest BCUT2D eigenvalue weighted by atomic mass is 10.1. The summed E-state index contributed by atoms with van der Waals surface area (Å²) in [4.78, 5) is 14.8. The van der Waals surface area contributed by atoms with Crippen LogP contribution in [0.15, 0.2) is 59.6 Å². The number of carbonyl (C=O) groups excluding carboxylic acids is 1. The highest BCUT2D eigenvalue weighted by atomic mass is 32.2. The van der Waals surface area contributed by atoms with Gasteiger partial charge in [-0.05, 0) is 31.2 Å². The van der Waals surface area contributed by atoms with Crippen molar-refractivity contribution in [3.63, 3.8) is 0 Å². The number of thioether (sulfide) groups is 1. The van der Waals surface area contributed by atoms with Crippen molar-refractivity contribution < 1.29 is 13.9 Å². The van der Waals surface area contributed by atoms with E-state index in [1.807, 2.05) is 43.5 Å². The van der Waals surface area contributed by atoms with Crippen LogP contribution >= 0.6 is 24.0 Å². The van der Waals surface area contributed by atoms with Crippen molar-refractivity contribution in [2.75, 3.05) is 13.2 Å². The lowest BCUT2D eigenvalue weighted by Gasteiger charge is -2.09. The van der Waals surface area contributed by atoms with Crippen molar-refractivity contribution in [2.24, 2.45) is 0 Å². The van der Waals surface area contributed by atoms with Crippen LogP contribution in [0, 0.1) is 5.82 Å². The van der Waals surface area contributed by atoms with Crippen LogP contribution in [-0.2, 0) is 11.3 Å². The number of hydrogen-bond acceptors (Lipinski definition) is 4. The minimum atomic E-state index is -0.372. The Balaban J connectivity index is 1.59. The first-order valence-corrected chi connectivity index (χ1v) is 10.5. The highest BCUT2D eigenvalue weighted by Gasteiger charge is 2.30. The minimum absolute atomic E-state index is 0.0535. The second-order valence-corrected chi connectivity index (χ2v) is 8.18. The number of halogens is 1. The lowest BCUT2D eigenvalue weighted by Crippen LogP contribution is -2.27. The number of likely N-dealkylation sites (N-methyl/N-ethyl adjacent to an activating group) is 1. The van der Waals surface area contributed by atoms with Gasteiger partial charge in [-0.25, -0.2) is 4.39 Å². The van der Waals surface area contributed by atoms with Gasteiger partial charge in [0.25, 0.3) is 5.91 Å². The Morgan fingerprint density at radius 2 is 1.93 bits per heavy atom. The largest absolute Gasteiger partial charge is 0.489 e. The number of aromatic nitrogens is 1. The van der Waals surface area contributed by atoms with Crippen LogP contribution in [0.2, 0.25) is 0 Å². The van der Waals surface area contributed by atoms with E-state index < -0.39 is 0 Å². The quantitative estimate of drug-likeness (QED) is 0.407. The van der Waals surface area contributed by atoms with Gasteiger partial charge in [0.05, 0.1) is 11.4 Å². The number of fused-ring (bicyclic) bond motifs is 1. The van der Waals surface area contributed by atoms with E-state index in [4.69, 9.17) is 17.0 Å². The second kappa shape index (κ2) is 8.39. The fourth-order valence-corrected chi connectivity index (χ4v) is 4.68. The molecule has 0 spiro atoms. The number of amides is 1. The number of benzene rings is 2. The summed E-state index contributed by atoms with van der Waals surface area (Å²) in [5.41, 5.74) is 1.98. The van der Waals surface area contributed by atoms with Crippen molar-refractivity contribution in [1.29, 1.82) is 0 Å². The standard InChI is InChI=1S/C22H19FN2O2S2/c1-2-25-21(26)20(29-22(25)28)13-15-14-24(18-9-5-3-7-16(15)18)11-12-27-19-10-6-4-8-17(19)23/h3-10,13-14H,2,11-12H2,1H3/b20-13-. The first-order valence-electron chi connectivity index (χ1n) is 9.29. The second-order valence-electron chi connectivity index (χ2n) is 6.50. The summed E-state index contributed by atoms with van der Waals surface area (Å²) in [5.74, 6) is -0.182. The average molecular weight is 427 g/mol. The van der Waals surface area contributed by atoms with Crippen molar-refractivity contribution >= 4 is 51.2 Å². The molecule has 2 heterocycles. The smallest absolute Gasteiger partial charge is 0.266 e. The number of hydrogen-bond donors (Lipinski definition) is 0. The fourth-order valence-electron chi connectivity index (χ4n) is 3.30. The van der Waals surface area contributed by atoms with Gasteiger partial charge in [0.1, 0.15) is 10.9 Å². The Hall–Kier alpha value is -2.64. The number of para-hydroxylation sites is 2. The molecule has 1 amide bonds. The van der Waals surface area contributed by atoms with Gasteiger partial charge in [-0.3, -0.25) is 9.69 Å². The van der Waals surface area contributed by atoms with E-state index in [0.29, 0.717) is 28.9 Å². The molecular formula is C22H19FN2O2S2. The summed E-state index contributed by atoms with van der Waals surface area (Å²) in [5, 5.41) is 1.04. The van der Waals surface area contributed by atoms with E-state index in [2.05, 4.69) is 4.57 Å². The zero-order valence-corrected chi connectivity index (χ0v) is 17.4. The summed E-state index contributed by atoms with van der Waals surface area (Å²) in [6.45, 7) is 3.36. The van der Waals surface area contributed by atoms with Gasteiger partial charge in [0, 0.05) is 29.2 Å². The Morgan fingerprint density at radius 1 is 1.17 bits per heavy atom. The van der Waals surface area contributed by atoms with Gasteiger partial charge in [-0.15, -0.1) is 0 Å². The first-order chi connectivity index (χ1) is 14.1. The van der Waals surface area contributed by atoms with E-state index in [1.54, 1.807) is 23.1 Å². The summed E-state index contributed by atoms with van der Waals surface area (Å²) >= 11 is 6.63. The number of rotatable bonds is 6. The molecule has 0 unspecified atom stereocenters. The minimum Gasteiger partial charge on any atom is -0.489 e. The Labute approximate surface area is 177 Å². The molecule has 1 aliphatic heterocycles. The number of thiocarbonyl (C=S) groups is 1. The molecule has 1 fully saturated rings. The molecule has 0 aliphatic carbocycles. The summed E-state index contributed by atoms with van der Waals surface area (Å²) in [6.07, 6.45) is 3.89. The third-order valence-electron chi connectivity index (χ3n) is 4.72. The molecule has 3 aromatic rings. The number of carbonyl (C=O) groups is 1. The van der Waals surface area contributed by atoms with Gasteiger partial charge < -0.3 is 9.30 Å². The van der Waals surface area contributed by atoms with E-state index in [9.17, 15) is 9.18 Å². The van der Waals surface area contributed by atoms with E-state index in [-0.39, 0.29) is 17.5 Å². The van der Waals surface area contributed by atoms with E-state index >= 15 is 0 Å². The van der Waals surface area contributed by atoms with Crippen LogP contribution in [-0.4, -0.2) is 32.8 Å². The molecule has 7 heteroatoms. The number of nitrogens with zero attached hydrogens (tertiary/aromatic N) is 2. The zero-order chi connectivity index (χ0) is 20.4. The molecule has 0 bridgehead atoms. The molecular weight excluding hydrogens is 407 g/mol. The van der Waals surface area contributed by atoms with Crippen LogP contribution in [0.3, 0.4) is 0 Å². The molecule has 0 atom stereocenters. The molecule has 0 saturated carbocycles. The fraction of sp³-hybridized carbons (Fsp3) is 0.182. The predicted molar refractivity (Wildman–Crippen MR) is 119 cm³/mol. The molecule has 148 valence electrons. The van der Waals surface area contributed by atoms with Crippen LogP contribution in [0.25, 0.3) is 17.0 Å². The van der Waals surface area contributed by atoms with Crippen LogP contribution in [0.1, 0.15) is 12.5 Å². The molecule has 1 aliphatic rings. The van der Waals surface area contributed by atoms with E-state index in [0.717, 1.165) is 16.5 Å². The van der Waals surface area contributed by atoms with Gasteiger partial charge in [-0.2, -0.15) is 0 Å². The topological polar surface area (TPSA) is 34.5 Å². The van der Waals surface area contributed by atoms with Crippen LogP contribution in [0.4, 0.5) is 4.39 Å². The molecule has 0 radical (unpaired) electrons. The lowest BCUT2D eigenvalue weighted by molar-refractivity contribution is -0.121. The third kappa shape index (κ3) is 3.93. The van der Waals surface area contributed by atoms with Gasteiger partial charge >= 0.3 is 0 Å². The molecule has 1 saturated heterocycles. The van der Waals surface area contributed by atoms with Crippen molar-refractivity contribution in [2.45, 2.75) is 13.5 Å². The van der Waals surface area contributed by atoms with E-state index in [1.165, 1.54) is 17.8 Å². The first kappa shape index (κ1) is 19.7. The van der Waals surface area contributed by atoms with Gasteiger partial charge in [0.2, 0.25) is 0 Å². The van der Waals surface area contributed by atoms with Crippen LogP contribution < -0.4 is 4.74 Å². The normalized spacial score (nSPS) is 15.7. The monoisotopic (exact) mass is 426 g/mol. The van der Waals surface area contributed by atoms with Crippen molar-refractivity contribution in [3.8, 4) is 5.75 Å². The molecule has 4 rings (SSSR count). The van der Waals surface area contributed by atoms with Crippen LogP contribution in [0.5, 0.6) is 5.75 Å². The molecule has 4 nitrogen and oxygen atoms in total. The maximum Gasteiger partial charge on any atom is 0.266 e. The Bertz CT molecular complexity index is 1120. The highest BCUT2D eigenvalue weighted by molar-refractivity contribution is 8.26. The maximum absolute atomic E-state index is 13.7. The zero-order valence-electron chi connectivity index (χ0n) is 15.8. The molecule has 2 aromatic carbocycles. The Kier molecular flexibility index (Phi) is 5.69. The SMILES string of the molecule is CCN1C(=O)/C(=C/c2cn(CCOc3ccccc3F)c3ccccc23)SC1=S. The molecule has 1 aromatic heterocycles. The third-order valence-corrected chi connectivity index (χ3v) is 6.10. The number of ether oxygens (including phenoxy) is 1. The summed E-state index contributed by atoms with van der Waals surface area (Å²) < 4.78 is 22.0. The van der Waals surface area contributed by atoms with Gasteiger partial charge in [-0.1, -0.05) is 54.3 Å². The summed E-state index contributed by atoms with van der Waals surface area (Å²) in [7, 11) is 0.